The van der Waals surface area contributed by atoms with Gasteiger partial charge in [0.2, 0.25) is 0 Å². The first-order valence-corrected chi connectivity index (χ1v) is 12.9. The molecule has 0 N–H and O–H groups in total. The Balaban J connectivity index is 1.16. The van der Waals surface area contributed by atoms with E-state index in [0.717, 1.165) is 0 Å². The van der Waals surface area contributed by atoms with E-state index in [-0.39, 0.29) is 74.7 Å². The van der Waals surface area contributed by atoms with E-state index in [4.69, 9.17) is 0 Å². The predicted octanol–water partition coefficient (Wildman–Crippen LogP) is 2.18. The van der Waals surface area contributed by atoms with Gasteiger partial charge in [-0.2, -0.15) is 0 Å². The van der Waals surface area contributed by atoms with E-state index in [0.29, 0.717) is 33.4 Å². The third-order valence-corrected chi connectivity index (χ3v) is 7.55. The number of rotatable bonds is 9. The molecule has 0 radical (unpaired) electrons. The Labute approximate surface area is 229 Å². The van der Waals surface area contributed by atoms with Crippen LogP contribution in [-0.4, -0.2) is 94.3 Å². The van der Waals surface area contributed by atoms with Crippen molar-refractivity contribution < 1.29 is 28.8 Å². The Morgan fingerprint density at radius 1 is 0.375 bits per heavy atom. The molecule has 10 nitrogen and oxygen atoms in total. The van der Waals surface area contributed by atoms with Gasteiger partial charge in [-0.3, -0.25) is 48.4 Å². The fraction of sp³-hybridized carbons (Fsp3) is 0.200. The van der Waals surface area contributed by atoms with Crippen molar-refractivity contribution in [2.24, 2.45) is 0 Å². The van der Waals surface area contributed by atoms with Gasteiger partial charge in [-0.25, -0.2) is 0 Å². The van der Waals surface area contributed by atoms with Gasteiger partial charge in [-0.15, -0.1) is 0 Å². The Morgan fingerprint density at radius 3 is 0.775 bits per heavy atom. The second-order valence-corrected chi connectivity index (χ2v) is 9.76. The number of hydrogen-bond donors (Lipinski definition) is 0. The highest BCUT2D eigenvalue weighted by Crippen LogP contribution is 2.25. The molecule has 0 saturated heterocycles. The molecule has 10 heteroatoms. The van der Waals surface area contributed by atoms with Crippen molar-refractivity contribution in [2.45, 2.75) is 0 Å². The molecule has 3 aromatic rings. The molecule has 0 bridgehead atoms. The summed E-state index contributed by atoms with van der Waals surface area (Å²) in [6.07, 6.45) is 0. The van der Waals surface area contributed by atoms with Crippen LogP contribution in [0.5, 0.6) is 0 Å². The van der Waals surface area contributed by atoms with Gasteiger partial charge < -0.3 is 0 Å². The normalized spacial score (nSPS) is 16.0. The predicted molar refractivity (Wildman–Crippen MR) is 142 cm³/mol. The highest BCUT2D eigenvalue weighted by atomic mass is 16.2. The summed E-state index contributed by atoms with van der Waals surface area (Å²) in [6, 6.07) is 19.8. The van der Waals surface area contributed by atoms with Crippen molar-refractivity contribution in [1.82, 2.24) is 19.6 Å². The lowest BCUT2D eigenvalue weighted by atomic mass is 10.1. The molecule has 0 spiro atoms. The smallest absolute Gasteiger partial charge is 0.261 e. The highest BCUT2D eigenvalue weighted by Gasteiger charge is 2.38. The largest absolute Gasteiger partial charge is 0.298 e. The van der Waals surface area contributed by atoms with Gasteiger partial charge in [0.1, 0.15) is 0 Å². The number of imide groups is 3. The average molecular weight is 537 g/mol. The van der Waals surface area contributed by atoms with Crippen LogP contribution in [-0.2, 0) is 0 Å². The molecular weight excluding hydrogens is 512 g/mol. The SMILES string of the molecule is O=C1c2ccccc2C(=O)N1CCN(CCN1C(=O)c2ccccc2C1=O)CCN1C(=O)c2ccccc2C1=O. The van der Waals surface area contributed by atoms with Crippen LogP contribution in [0.3, 0.4) is 0 Å². The second-order valence-electron chi connectivity index (χ2n) is 9.76. The van der Waals surface area contributed by atoms with Crippen molar-refractivity contribution in [2.75, 3.05) is 39.3 Å². The molecule has 0 aromatic heterocycles. The molecule has 40 heavy (non-hydrogen) atoms. The maximum absolute atomic E-state index is 12.9. The van der Waals surface area contributed by atoms with Crippen LogP contribution < -0.4 is 0 Å². The van der Waals surface area contributed by atoms with Crippen molar-refractivity contribution in [3.05, 3.63) is 106 Å². The summed E-state index contributed by atoms with van der Waals surface area (Å²) in [5.74, 6) is -2.33. The summed E-state index contributed by atoms with van der Waals surface area (Å²) in [4.78, 5) is 82.6. The minimum absolute atomic E-state index is 0.0661. The molecule has 200 valence electrons. The second kappa shape index (κ2) is 9.97. The molecule has 0 aliphatic carbocycles. The molecule has 3 aliphatic rings. The Morgan fingerprint density at radius 2 is 0.575 bits per heavy atom. The zero-order valence-corrected chi connectivity index (χ0v) is 21.4. The maximum Gasteiger partial charge on any atom is 0.261 e. The number of fused-ring (bicyclic) bond motifs is 3. The lowest BCUT2D eigenvalue weighted by molar-refractivity contribution is 0.0608. The van der Waals surface area contributed by atoms with Crippen LogP contribution in [0.1, 0.15) is 62.1 Å². The van der Waals surface area contributed by atoms with Crippen molar-refractivity contribution in [1.29, 1.82) is 0 Å². The Hall–Kier alpha value is -4.96. The summed E-state index contributed by atoms with van der Waals surface area (Å²) in [7, 11) is 0. The van der Waals surface area contributed by atoms with Gasteiger partial charge in [0.15, 0.2) is 0 Å². The molecule has 6 rings (SSSR count). The average Bonchev–Trinajstić information content (AvgIpc) is 3.48. The van der Waals surface area contributed by atoms with E-state index in [1.807, 2.05) is 4.90 Å². The fourth-order valence-corrected chi connectivity index (χ4v) is 5.39. The minimum Gasteiger partial charge on any atom is -0.298 e. The van der Waals surface area contributed by atoms with E-state index in [9.17, 15) is 28.8 Å². The van der Waals surface area contributed by atoms with Crippen LogP contribution in [0.4, 0.5) is 0 Å². The van der Waals surface area contributed by atoms with Crippen LogP contribution in [0.25, 0.3) is 0 Å². The molecule has 0 unspecified atom stereocenters. The first kappa shape index (κ1) is 25.3. The first-order valence-electron chi connectivity index (χ1n) is 12.9. The molecule has 6 amide bonds. The van der Waals surface area contributed by atoms with Gasteiger partial charge in [-0.05, 0) is 36.4 Å². The summed E-state index contributed by atoms with van der Waals surface area (Å²) < 4.78 is 0. The van der Waals surface area contributed by atoms with E-state index in [1.54, 1.807) is 72.8 Å². The van der Waals surface area contributed by atoms with Crippen LogP contribution in [0, 0.1) is 0 Å². The standard InChI is InChI=1S/C30H24N4O6/c35-25-19-7-1-2-8-20(19)26(36)32(25)16-13-31(14-17-33-27(37)21-9-3-4-10-22(21)28(33)38)15-18-34-29(39)23-11-5-6-12-24(23)30(34)40/h1-12H,13-18H2. The zero-order valence-electron chi connectivity index (χ0n) is 21.4. The summed E-state index contributed by atoms with van der Waals surface area (Å²) in [5.41, 5.74) is 2.06. The van der Waals surface area contributed by atoms with E-state index in [1.165, 1.54) is 14.7 Å². The molecule has 0 fully saturated rings. The van der Waals surface area contributed by atoms with E-state index in [2.05, 4.69) is 0 Å². The summed E-state index contributed by atoms with van der Waals surface area (Å²) >= 11 is 0. The molecule has 3 heterocycles. The number of hydrogen-bond acceptors (Lipinski definition) is 7. The Kier molecular flexibility index (Phi) is 6.31. The molecule has 0 atom stereocenters. The van der Waals surface area contributed by atoms with Gasteiger partial charge in [0.25, 0.3) is 35.4 Å². The van der Waals surface area contributed by atoms with E-state index >= 15 is 0 Å². The zero-order chi connectivity index (χ0) is 28.0. The summed E-state index contributed by atoms with van der Waals surface area (Å²) in [6.45, 7) is 0.858. The fourth-order valence-electron chi connectivity index (χ4n) is 5.39. The van der Waals surface area contributed by atoms with Crippen LogP contribution in [0.15, 0.2) is 72.8 Å². The van der Waals surface area contributed by atoms with E-state index < -0.39 is 0 Å². The van der Waals surface area contributed by atoms with Gasteiger partial charge in [0.05, 0.1) is 33.4 Å². The lowest BCUT2D eigenvalue weighted by Crippen LogP contribution is -2.45. The molecule has 3 aliphatic heterocycles. The number of carbonyl (C=O) groups excluding carboxylic acids is 6. The topological polar surface area (TPSA) is 115 Å². The molecular formula is C30H24N4O6. The third-order valence-electron chi connectivity index (χ3n) is 7.55. The number of carbonyl (C=O) groups is 6. The van der Waals surface area contributed by atoms with Crippen molar-refractivity contribution >= 4 is 35.4 Å². The third kappa shape index (κ3) is 4.09. The maximum atomic E-state index is 12.9. The van der Waals surface area contributed by atoms with Gasteiger partial charge in [0, 0.05) is 39.3 Å². The van der Waals surface area contributed by atoms with Crippen LogP contribution in [0.2, 0.25) is 0 Å². The monoisotopic (exact) mass is 536 g/mol. The highest BCUT2D eigenvalue weighted by molar-refractivity contribution is 6.22. The number of amides is 6. The molecule has 3 aromatic carbocycles. The Bertz CT molecular complexity index is 1320. The first-order chi connectivity index (χ1) is 19.4. The van der Waals surface area contributed by atoms with Crippen LogP contribution >= 0.6 is 0 Å². The molecule has 0 saturated carbocycles. The quantitative estimate of drug-likeness (QED) is 0.385. The van der Waals surface area contributed by atoms with Gasteiger partial charge in [-0.1, -0.05) is 36.4 Å². The van der Waals surface area contributed by atoms with Crippen molar-refractivity contribution in [3.8, 4) is 0 Å². The van der Waals surface area contributed by atoms with Crippen molar-refractivity contribution in [3.63, 3.8) is 0 Å². The number of nitrogens with zero attached hydrogens (tertiary/aromatic N) is 4. The van der Waals surface area contributed by atoms with Gasteiger partial charge >= 0.3 is 0 Å². The number of benzene rings is 3. The minimum atomic E-state index is -0.388. The lowest BCUT2D eigenvalue weighted by Gasteiger charge is -2.28. The summed E-state index contributed by atoms with van der Waals surface area (Å²) in [5, 5.41) is 0.